The summed E-state index contributed by atoms with van der Waals surface area (Å²) >= 11 is 0. The van der Waals surface area contributed by atoms with E-state index in [1.165, 1.54) is 16.3 Å². The standard InChI is InChI=1S/C27H23N3O2/c1-32-22-12-7-11-21(17-22)28-27(31)18-30-25-15-5-4-14-24(25)29-26(30)16-20-10-6-9-19-8-2-3-13-23(19)20/h2-15,17H,16,18H2,1H3,(H,28,31). The van der Waals surface area contributed by atoms with E-state index in [1.54, 1.807) is 13.2 Å². The second-order valence-corrected chi connectivity index (χ2v) is 7.70. The Hall–Kier alpha value is -4.12. The van der Waals surface area contributed by atoms with Crippen LogP contribution in [0.25, 0.3) is 21.8 Å². The number of carbonyl (C=O) groups is 1. The quantitative estimate of drug-likeness (QED) is 0.398. The number of nitrogens with one attached hydrogen (secondary N) is 1. The van der Waals surface area contributed by atoms with E-state index in [1.807, 2.05) is 53.1 Å². The molecule has 1 amide bonds. The van der Waals surface area contributed by atoms with Gasteiger partial charge in [-0.3, -0.25) is 4.79 Å². The van der Waals surface area contributed by atoms with Gasteiger partial charge in [-0.1, -0.05) is 60.7 Å². The monoisotopic (exact) mass is 421 g/mol. The number of para-hydroxylation sites is 2. The highest BCUT2D eigenvalue weighted by molar-refractivity contribution is 5.92. The smallest absolute Gasteiger partial charge is 0.244 e. The van der Waals surface area contributed by atoms with Gasteiger partial charge >= 0.3 is 0 Å². The number of benzene rings is 4. The van der Waals surface area contributed by atoms with Crippen molar-refractivity contribution in [1.29, 1.82) is 0 Å². The summed E-state index contributed by atoms with van der Waals surface area (Å²) in [6, 6.07) is 30.0. The van der Waals surface area contributed by atoms with E-state index in [0.29, 0.717) is 17.9 Å². The van der Waals surface area contributed by atoms with Gasteiger partial charge in [0.25, 0.3) is 0 Å². The number of ether oxygens (including phenoxy) is 1. The Labute approximate surface area is 186 Å². The Morgan fingerprint density at radius 3 is 2.62 bits per heavy atom. The maximum absolute atomic E-state index is 12.9. The van der Waals surface area contributed by atoms with Crippen molar-refractivity contribution in [3.05, 3.63) is 102 Å². The molecule has 5 rings (SSSR count). The van der Waals surface area contributed by atoms with Gasteiger partial charge in [0.1, 0.15) is 18.1 Å². The molecule has 5 aromatic rings. The summed E-state index contributed by atoms with van der Waals surface area (Å²) in [6.45, 7) is 0.178. The Bertz CT molecular complexity index is 1420. The van der Waals surface area contributed by atoms with Crippen LogP contribution in [0.15, 0.2) is 91.0 Å². The molecule has 0 bridgehead atoms. The third kappa shape index (κ3) is 3.93. The van der Waals surface area contributed by atoms with Crippen LogP contribution in [0.2, 0.25) is 0 Å². The van der Waals surface area contributed by atoms with Gasteiger partial charge in [-0.15, -0.1) is 0 Å². The van der Waals surface area contributed by atoms with Crippen molar-refractivity contribution in [3.63, 3.8) is 0 Å². The molecule has 1 aromatic heterocycles. The zero-order chi connectivity index (χ0) is 21.9. The van der Waals surface area contributed by atoms with Crippen molar-refractivity contribution in [3.8, 4) is 5.75 Å². The SMILES string of the molecule is COc1cccc(NC(=O)Cn2c(Cc3cccc4ccccc34)nc3ccccc32)c1. The third-order valence-corrected chi connectivity index (χ3v) is 5.62. The molecule has 0 aliphatic rings. The predicted octanol–water partition coefficient (Wildman–Crippen LogP) is 5.43. The molecular formula is C27H23N3O2. The van der Waals surface area contributed by atoms with Crippen molar-refractivity contribution in [2.75, 3.05) is 12.4 Å². The number of aromatic nitrogens is 2. The zero-order valence-electron chi connectivity index (χ0n) is 17.8. The molecule has 0 atom stereocenters. The Morgan fingerprint density at radius 1 is 0.938 bits per heavy atom. The number of carbonyl (C=O) groups excluding carboxylic acids is 1. The second kappa shape index (κ2) is 8.55. The predicted molar refractivity (Wildman–Crippen MR) is 128 cm³/mol. The van der Waals surface area contributed by atoms with Crippen LogP contribution in [-0.2, 0) is 17.8 Å². The summed E-state index contributed by atoms with van der Waals surface area (Å²) in [5.74, 6) is 1.46. The largest absolute Gasteiger partial charge is 0.497 e. The fourth-order valence-corrected chi connectivity index (χ4v) is 4.10. The molecule has 0 aliphatic carbocycles. The van der Waals surface area contributed by atoms with Gasteiger partial charge in [0.05, 0.1) is 18.1 Å². The summed E-state index contributed by atoms with van der Waals surface area (Å²) in [5.41, 5.74) is 3.72. The molecule has 158 valence electrons. The molecule has 0 saturated heterocycles. The van der Waals surface area contributed by atoms with E-state index >= 15 is 0 Å². The van der Waals surface area contributed by atoms with Crippen molar-refractivity contribution >= 4 is 33.4 Å². The van der Waals surface area contributed by atoms with Crippen LogP contribution in [0.5, 0.6) is 5.75 Å². The van der Waals surface area contributed by atoms with Crippen LogP contribution in [0.1, 0.15) is 11.4 Å². The molecule has 32 heavy (non-hydrogen) atoms. The summed E-state index contributed by atoms with van der Waals surface area (Å²) in [5, 5.41) is 5.37. The molecular weight excluding hydrogens is 398 g/mol. The fraction of sp³-hybridized carbons (Fsp3) is 0.111. The highest BCUT2D eigenvalue weighted by Crippen LogP contribution is 2.24. The molecule has 5 nitrogen and oxygen atoms in total. The maximum atomic E-state index is 12.9. The first-order chi connectivity index (χ1) is 15.7. The van der Waals surface area contributed by atoms with Crippen molar-refractivity contribution < 1.29 is 9.53 Å². The van der Waals surface area contributed by atoms with E-state index < -0.39 is 0 Å². The first-order valence-electron chi connectivity index (χ1n) is 10.6. The number of hydrogen-bond acceptors (Lipinski definition) is 3. The number of amides is 1. The van der Waals surface area contributed by atoms with Crippen LogP contribution in [0.3, 0.4) is 0 Å². The molecule has 0 radical (unpaired) electrons. The minimum absolute atomic E-state index is 0.111. The van der Waals surface area contributed by atoms with E-state index in [4.69, 9.17) is 9.72 Å². The molecule has 5 heteroatoms. The number of rotatable bonds is 6. The van der Waals surface area contributed by atoms with E-state index in [0.717, 1.165) is 16.9 Å². The van der Waals surface area contributed by atoms with E-state index in [-0.39, 0.29) is 12.5 Å². The number of methoxy groups -OCH3 is 1. The van der Waals surface area contributed by atoms with Crippen molar-refractivity contribution in [2.24, 2.45) is 0 Å². The average molecular weight is 422 g/mol. The number of nitrogens with zero attached hydrogens (tertiary/aromatic N) is 2. The van der Waals surface area contributed by atoms with E-state index in [2.05, 4.69) is 41.7 Å². The van der Waals surface area contributed by atoms with Crippen LogP contribution in [0, 0.1) is 0 Å². The summed E-state index contributed by atoms with van der Waals surface area (Å²) in [7, 11) is 1.61. The van der Waals surface area contributed by atoms with Crippen LogP contribution in [-0.4, -0.2) is 22.6 Å². The topological polar surface area (TPSA) is 56.1 Å². The Kier molecular flexibility index (Phi) is 5.30. The number of hydrogen-bond donors (Lipinski definition) is 1. The number of imidazole rings is 1. The maximum Gasteiger partial charge on any atom is 0.244 e. The Morgan fingerprint density at radius 2 is 1.72 bits per heavy atom. The molecule has 0 spiro atoms. The fourth-order valence-electron chi connectivity index (χ4n) is 4.10. The lowest BCUT2D eigenvalue weighted by atomic mass is 10.0. The molecule has 0 unspecified atom stereocenters. The van der Waals surface area contributed by atoms with Gasteiger partial charge in [-0.2, -0.15) is 0 Å². The normalized spacial score (nSPS) is 11.0. The number of anilines is 1. The Balaban J connectivity index is 1.48. The van der Waals surface area contributed by atoms with Gasteiger partial charge in [-0.25, -0.2) is 4.98 Å². The lowest BCUT2D eigenvalue weighted by Crippen LogP contribution is -2.20. The first-order valence-corrected chi connectivity index (χ1v) is 10.6. The van der Waals surface area contributed by atoms with Gasteiger partial charge in [-0.05, 0) is 40.6 Å². The molecule has 0 fully saturated rings. The van der Waals surface area contributed by atoms with Gasteiger partial charge in [0.15, 0.2) is 0 Å². The van der Waals surface area contributed by atoms with Gasteiger partial charge < -0.3 is 14.6 Å². The highest BCUT2D eigenvalue weighted by atomic mass is 16.5. The van der Waals surface area contributed by atoms with Crippen molar-refractivity contribution in [2.45, 2.75) is 13.0 Å². The van der Waals surface area contributed by atoms with Crippen molar-refractivity contribution in [1.82, 2.24) is 9.55 Å². The van der Waals surface area contributed by atoms with E-state index in [9.17, 15) is 4.79 Å². The number of fused-ring (bicyclic) bond motifs is 2. The lowest BCUT2D eigenvalue weighted by Gasteiger charge is -2.12. The third-order valence-electron chi connectivity index (χ3n) is 5.62. The summed E-state index contributed by atoms with van der Waals surface area (Å²) in [6.07, 6.45) is 0.641. The van der Waals surface area contributed by atoms with Gasteiger partial charge in [0.2, 0.25) is 5.91 Å². The summed E-state index contributed by atoms with van der Waals surface area (Å²) < 4.78 is 7.26. The van der Waals surface area contributed by atoms with Crippen LogP contribution >= 0.6 is 0 Å². The van der Waals surface area contributed by atoms with Crippen LogP contribution in [0.4, 0.5) is 5.69 Å². The first kappa shape index (κ1) is 19.8. The molecule has 0 saturated carbocycles. The van der Waals surface area contributed by atoms with Crippen LogP contribution < -0.4 is 10.1 Å². The average Bonchev–Trinajstić information content (AvgIpc) is 3.16. The zero-order valence-corrected chi connectivity index (χ0v) is 17.8. The lowest BCUT2D eigenvalue weighted by molar-refractivity contribution is -0.116. The second-order valence-electron chi connectivity index (χ2n) is 7.70. The molecule has 0 aliphatic heterocycles. The highest BCUT2D eigenvalue weighted by Gasteiger charge is 2.15. The minimum Gasteiger partial charge on any atom is -0.497 e. The van der Waals surface area contributed by atoms with Gasteiger partial charge in [0, 0.05) is 18.2 Å². The molecule has 1 heterocycles. The molecule has 4 aromatic carbocycles. The summed E-state index contributed by atoms with van der Waals surface area (Å²) in [4.78, 5) is 17.8. The molecule has 1 N–H and O–H groups in total. The minimum atomic E-state index is -0.111.